The van der Waals surface area contributed by atoms with E-state index >= 15 is 0 Å². The molecule has 1 aromatic heterocycles. The number of piperidine rings is 1. The van der Waals surface area contributed by atoms with Crippen LogP contribution in [0, 0.1) is 12.3 Å². The molecule has 2 aromatic carbocycles. The second-order valence-electron chi connectivity index (χ2n) is 9.46. The van der Waals surface area contributed by atoms with E-state index in [4.69, 9.17) is 4.74 Å². The molecule has 0 spiro atoms. The smallest absolute Gasteiger partial charge is 0.407 e. The molecule has 1 fully saturated rings. The lowest BCUT2D eigenvalue weighted by molar-refractivity contribution is 0.0130. The average Bonchev–Trinajstić information content (AvgIpc) is 2.74. The van der Waals surface area contributed by atoms with E-state index in [1.165, 1.54) is 11.1 Å². The van der Waals surface area contributed by atoms with Crippen LogP contribution in [-0.2, 0) is 0 Å². The fourth-order valence-electron chi connectivity index (χ4n) is 4.60. The van der Waals surface area contributed by atoms with Gasteiger partial charge in [0, 0.05) is 37.0 Å². The number of pyridine rings is 1. The van der Waals surface area contributed by atoms with Gasteiger partial charge in [-0.25, -0.2) is 4.79 Å². The van der Waals surface area contributed by atoms with Crippen LogP contribution in [0.15, 0.2) is 54.7 Å². The number of nitrogens with zero attached hydrogens (tertiary/aromatic N) is 2. The van der Waals surface area contributed by atoms with Crippen molar-refractivity contribution in [1.82, 2.24) is 9.88 Å². The fraction of sp³-hybridized carbons (Fsp3) is 0.385. The molecule has 0 aliphatic carbocycles. The minimum atomic E-state index is -0.844. The highest BCUT2D eigenvalue weighted by molar-refractivity contribution is 5.88. The van der Waals surface area contributed by atoms with Gasteiger partial charge in [0.1, 0.15) is 11.9 Å². The molecule has 1 amide bonds. The molecule has 0 saturated carbocycles. The van der Waals surface area contributed by atoms with Gasteiger partial charge in [-0.15, -0.1) is 0 Å². The largest absolute Gasteiger partial charge is 0.490 e. The summed E-state index contributed by atoms with van der Waals surface area (Å²) in [5, 5.41) is 10.7. The summed E-state index contributed by atoms with van der Waals surface area (Å²) in [7, 11) is 0. The maximum absolute atomic E-state index is 11.6. The molecule has 4 rings (SSSR count). The maximum atomic E-state index is 11.6. The maximum Gasteiger partial charge on any atom is 0.407 e. The van der Waals surface area contributed by atoms with Gasteiger partial charge in [0.15, 0.2) is 0 Å². The van der Waals surface area contributed by atoms with Gasteiger partial charge in [-0.2, -0.15) is 0 Å². The van der Waals surface area contributed by atoms with Crippen LogP contribution < -0.4 is 4.74 Å². The first-order valence-corrected chi connectivity index (χ1v) is 10.8. The molecule has 0 radical (unpaired) electrons. The van der Waals surface area contributed by atoms with E-state index in [0.717, 1.165) is 22.2 Å². The van der Waals surface area contributed by atoms with E-state index in [1.54, 1.807) is 4.90 Å². The van der Waals surface area contributed by atoms with E-state index in [1.807, 2.05) is 24.4 Å². The summed E-state index contributed by atoms with van der Waals surface area (Å²) in [5.41, 5.74) is 4.36. The number of carboxylic acid groups (broad SMARTS) is 1. The van der Waals surface area contributed by atoms with Gasteiger partial charge in [-0.05, 0) is 47.2 Å². The summed E-state index contributed by atoms with van der Waals surface area (Å²) in [6, 6.07) is 16.4. The lowest BCUT2D eigenvalue weighted by Gasteiger charge is -2.44. The van der Waals surface area contributed by atoms with Crippen molar-refractivity contribution < 1.29 is 14.6 Å². The number of hydrogen-bond donors (Lipinski definition) is 1. The van der Waals surface area contributed by atoms with Crippen molar-refractivity contribution in [2.45, 2.75) is 52.7 Å². The molecular formula is C26H30N2O3. The van der Waals surface area contributed by atoms with Crippen LogP contribution in [0.3, 0.4) is 0 Å². The molecular weight excluding hydrogens is 388 g/mol. The van der Waals surface area contributed by atoms with Gasteiger partial charge in [0.25, 0.3) is 0 Å². The molecule has 1 saturated heterocycles. The highest BCUT2D eigenvalue weighted by Crippen LogP contribution is 2.34. The van der Waals surface area contributed by atoms with Crippen LogP contribution in [0.1, 0.15) is 39.2 Å². The molecule has 5 nitrogen and oxygen atoms in total. The minimum absolute atomic E-state index is 0.0114. The number of amides is 1. The van der Waals surface area contributed by atoms with Gasteiger partial charge in [0.2, 0.25) is 0 Å². The van der Waals surface area contributed by atoms with Gasteiger partial charge in [-0.1, -0.05) is 51.1 Å². The Hall–Kier alpha value is -3.08. The summed E-state index contributed by atoms with van der Waals surface area (Å²) >= 11 is 0. The normalized spacial score (nSPS) is 19.4. The summed E-state index contributed by atoms with van der Waals surface area (Å²) in [6.07, 6.45) is 2.40. The van der Waals surface area contributed by atoms with Crippen LogP contribution in [0.2, 0.25) is 0 Å². The van der Waals surface area contributed by atoms with Gasteiger partial charge < -0.3 is 14.7 Å². The molecule has 1 aliphatic rings. The Bertz CT molecular complexity index is 1090. The Kier molecular flexibility index (Phi) is 5.61. The monoisotopic (exact) mass is 418 g/mol. The molecule has 162 valence electrons. The van der Waals surface area contributed by atoms with E-state index in [9.17, 15) is 9.90 Å². The first-order chi connectivity index (χ1) is 14.7. The van der Waals surface area contributed by atoms with Crippen molar-refractivity contribution >= 4 is 17.0 Å². The zero-order valence-electron chi connectivity index (χ0n) is 18.6. The van der Waals surface area contributed by atoms with E-state index < -0.39 is 6.09 Å². The average molecular weight is 419 g/mol. The molecule has 1 N–H and O–H groups in total. The van der Waals surface area contributed by atoms with Crippen LogP contribution in [0.5, 0.6) is 5.75 Å². The number of aryl methyl sites for hydroxylation is 1. The quantitative estimate of drug-likeness (QED) is 0.554. The topological polar surface area (TPSA) is 62.7 Å². The highest BCUT2D eigenvalue weighted by atomic mass is 16.5. The van der Waals surface area contributed by atoms with Crippen LogP contribution in [0.25, 0.3) is 22.0 Å². The number of carbonyl (C=O) groups is 1. The highest BCUT2D eigenvalue weighted by Gasteiger charge is 2.39. The zero-order chi connectivity index (χ0) is 22.2. The van der Waals surface area contributed by atoms with Crippen LogP contribution >= 0.6 is 0 Å². The Morgan fingerprint density at radius 1 is 1.13 bits per heavy atom. The van der Waals surface area contributed by atoms with E-state index in [-0.39, 0.29) is 17.6 Å². The lowest BCUT2D eigenvalue weighted by atomic mass is 9.80. The predicted molar refractivity (Wildman–Crippen MR) is 124 cm³/mol. The van der Waals surface area contributed by atoms with Crippen molar-refractivity contribution in [2.75, 3.05) is 6.54 Å². The summed E-state index contributed by atoms with van der Waals surface area (Å²) < 4.78 is 6.27. The molecule has 3 aromatic rings. The Morgan fingerprint density at radius 2 is 1.87 bits per heavy atom. The zero-order valence-corrected chi connectivity index (χ0v) is 18.6. The Labute approximate surface area is 183 Å². The number of ether oxygens (including phenoxy) is 1. The number of rotatable bonds is 3. The van der Waals surface area contributed by atoms with Gasteiger partial charge in [-0.3, -0.25) is 4.98 Å². The van der Waals surface area contributed by atoms with E-state index in [2.05, 4.69) is 63.0 Å². The molecule has 2 heterocycles. The third kappa shape index (κ3) is 4.36. The third-order valence-corrected chi connectivity index (χ3v) is 6.30. The number of aromatic nitrogens is 1. The van der Waals surface area contributed by atoms with Gasteiger partial charge in [0.05, 0.1) is 5.52 Å². The van der Waals surface area contributed by atoms with Crippen molar-refractivity contribution in [1.29, 1.82) is 0 Å². The molecule has 0 bridgehead atoms. The van der Waals surface area contributed by atoms with E-state index in [0.29, 0.717) is 19.4 Å². The van der Waals surface area contributed by atoms with Gasteiger partial charge >= 0.3 is 6.09 Å². The SMILES string of the molecule is Cc1c(-c2ccc(OC3CCN(C(=O)O)C(C(C)(C)C)C3)cc2)ccc2cccnc12. The number of fused-ring (bicyclic) bond motifs is 1. The fourth-order valence-corrected chi connectivity index (χ4v) is 4.60. The Morgan fingerprint density at radius 3 is 2.55 bits per heavy atom. The first kappa shape index (κ1) is 21.2. The molecule has 5 heteroatoms. The third-order valence-electron chi connectivity index (χ3n) is 6.30. The molecule has 2 unspecified atom stereocenters. The van der Waals surface area contributed by atoms with Crippen molar-refractivity contribution in [3.8, 4) is 16.9 Å². The van der Waals surface area contributed by atoms with Crippen molar-refractivity contribution in [3.63, 3.8) is 0 Å². The number of benzene rings is 2. The predicted octanol–water partition coefficient (Wildman–Crippen LogP) is 6.15. The first-order valence-electron chi connectivity index (χ1n) is 10.8. The number of likely N-dealkylation sites (tertiary alicyclic amines) is 1. The summed E-state index contributed by atoms with van der Waals surface area (Å²) in [4.78, 5) is 17.7. The van der Waals surface area contributed by atoms with Crippen molar-refractivity contribution in [2.24, 2.45) is 5.41 Å². The molecule has 2 atom stereocenters. The molecule has 1 aliphatic heterocycles. The minimum Gasteiger partial charge on any atom is -0.490 e. The standard InChI is InChI=1S/C26H30N2O3/c1-17-22(12-9-19-6-5-14-27-24(17)19)18-7-10-20(11-8-18)31-21-13-15-28(25(29)30)23(16-21)26(2,3)4/h5-12,14,21,23H,13,15-16H2,1-4H3,(H,29,30). The second-order valence-corrected chi connectivity index (χ2v) is 9.46. The second kappa shape index (κ2) is 8.22. The lowest BCUT2D eigenvalue weighted by Crippen LogP contribution is -2.53. The Balaban J connectivity index is 1.51. The number of hydrogen-bond acceptors (Lipinski definition) is 3. The summed E-state index contributed by atoms with van der Waals surface area (Å²) in [5.74, 6) is 0.821. The van der Waals surface area contributed by atoms with Crippen LogP contribution in [0.4, 0.5) is 4.79 Å². The van der Waals surface area contributed by atoms with Crippen molar-refractivity contribution in [3.05, 3.63) is 60.3 Å². The van der Waals surface area contributed by atoms with Crippen LogP contribution in [-0.4, -0.2) is 39.8 Å². The summed E-state index contributed by atoms with van der Waals surface area (Å²) in [6.45, 7) is 8.88. The molecule has 31 heavy (non-hydrogen) atoms.